The van der Waals surface area contributed by atoms with Crippen molar-refractivity contribution < 1.29 is 9.47 Å². The number of aromatic amines is 1. The molecule has 0 aliphatic heterocycles. The fraction of sp³-hybridized carbons (Fsp3) is 0.348. The van der Waals surface area contributed by atoms with E-state index in [9.17, 15) is 10.1 Å². The molecule has 1 atom stereocenters. The molecule has 0 amide bonds. The van der Waals surface area contributed by atoms with Crippen molar-refractivity contribution in [1.82, 2.24) is 4.98 Å². The number of methoxy groups -OCH3 is 2. The monoisotopic (exact) mass is 393 g/mol. The number of hydrogen-bond donors (Lipinski definition) is 1. The van der Waals surface area contributed by atoms with Gasteiger partial charge in [-0.2, -0.15) is 5.26 Å². The Bertz CT molecular complexity index is 1040. The molecule has 6 nitrogen and oxygen atoms in total. The van der Waals surface area contributed by atoms with Gasteiger partial charge in [-0.25, -0.2) is 0 Å². The summed E-state index contributed by atoms with van der Waals surface area (Å²) in [6.07, 6.45) is 4.34. The Kier molecular flexibility index (Phi) is 7.52. The van der Waals surface area contributed by atoms with Gasteiger partial charge in [0.15, 0.2) is 0 Å². The average molecular weight is 393 g/mol. The number of nitrogens with zero attached hydrogens (tertiary/aromatic N) is 2. The first kappa shape index (κ1) is 22.1. The molecule has 6 heteroatoms. The van der Waals surface area contributed by atoms with E-state index >= 15 is 0 Å². The molecular formula is C23H27N3O3. The summed E-state index contributed by atoms with van der Waals surface area (Å²) in [6, 6.07) is 10.0. The number of nitrogens with one attached hydrogen (secondary N) is 1. The van der Waals surface area contributed by atoms with Crippen molar-refractivity contribution in [3.63, 3.8) is 0 Å². The van der Waals surface area contributed by atoms with E-state index in [-0.39, 0.29) is 12.3 Å². The Morgan fingerprint density at radius 1 is 1.38 bits per heavy atom. The number of allylic oxidation sites excluding steroid dienone is 2. The molecule has 0 fully saturated rings. The number of pyridine rings is 1. The van der Waals surface area contributed by atoms with Gasteiger partial charge in [-0.05, 0) is 42.5 Å². The zero-order valence-electron chi connectivity index (χ0n) is 17.4. The molecule has 29 heavy (non-hydrogen) atoms. The highest BCUT2D eigenvalue weighted by molar-refractivity contribution is 5.97. The van der Waals surface area contributed by atoms with E-state index in [1.165, 1.54) is 0 Å². The minimum absolute atomic E-state index is 0.100. The maximum atomic E-state index is 12.2. The van der Waals surface area contributed by atoms with E-state index < -0.39 is 5.41 Å². The van der Waals surface area contributed by atoms with Crippen molar-refractivity contribution in [3.05, 3.63) is 70.2 Å². The molecule has 0 aliphatic carbocycles. The van der Waals surface area contributed by atoms with Crippen molar-refractivity contribution in [2.75, 3.05) is 21.0 Å². The summed E-state index contributed by atoms with van der Waals surface area (Å²) < 4.78 is 10.3. The molecule has 0 bridgehead atoms. The Morgan fingerprint density at radius 3 is 2.72 bits per heavy atom. The van der Waals surface area contributed by atoms with Crippen molar-refractivity contribution in [1.29, 1.82) is 5.26 Å². The van der Waals surface area contributed by atoms with Crippen LogP contribution in [0.5, 0.6) is 0 Å². The topological polar surface area (TPSA) is 87.5 Å². The van der Waals surface area contributed by atoms with Crippen LogP contribution < -0.4 is 5.56 Å². The quantitative estimate of drug-likeness (QED) is 0.396. The summed E-state index contributed by atoms with van der Waals surface area (Å²) in [5.41, 5.74) is 1.94. The van der Waals surface area contributed by atoms with E-state index in [0.717, 1.165) is 16.5 Å². The third-order valence-corrected chi connectivity index (χ3v) is 4.86. The standard InChI is InChI=1S/C23H27N3O3/c1-6-16-10-17-8-9-18(11-21(17)26-22(16)27)23(3,14-24)13-19(25-15-28-4)12-20(7-2)29-5/h7-12H,2,6,13,15H2,1,3-5H3,(H,26,27)/b20-12+,25-19?. The van der Waals surface area contributed by atoms with Gasteiger partial charge in [0.1, 0.15) is 12.5 Å². The Morgan fingerprint density at radius 2 is 2.14 bits per heavy atom. The van der Waals surface area contributed by atoms with Gasteiger partial charge in [-0.15, -0.1) is 0 Å². The second-order valence-corrected chi connectivity index (χ2v) is 6.92. The van der Waals surface area contributed by atoms with E-state index in [4.69, 9.17) is 9.47 Å². The predicted octanol–water partition coefficient (Wildman–Crippen LogP) is 4.02. The van der Waals surface area contributed by atoms with Gasteiger partial charge in [0, 0.05) is 36.4 Å². The molecule has 2 aromatic rings. The first-order valence-electron chi connectivity index (χ1n) is 9.38. The first-order chi connectivity index (χ1) is 13.9. The van der Waals surface area contributed by atoms with E-state index in [1.54, 1.807) is 26.4 Å². The summed E-state index contributed by atoms with van der Waals surface area (Å²) in [4.78, 5) is 19.5. The number of hydrogen-bond acceptors (Lipinski definition) is 5. The van der Waals surface area contributed by atoms with Crippen LogP contribution in [0.4, 0.5) is 0 Å². The number of benzene rings is 1. The van der Waals surface area contributed by atoms with Gasteiger partial charge in [-0.1, -0.05) is 25.6 Å². The highest BCUT2D eigenvalue weighted by Gasteiger charge is 2.28. The van der Waals surface area contributed by atoms with Gasteiger partial charge in [0.25, 0.3) is 5.56 Å². The SMILES string of the molecule is C=C/C(=C\C(CC(C)(C#N)c1ccc2cc(CC)c(=O)[nH]c2c1)=NCOC)OC. The summed E-state index contributed by atoms with van der Waals surface area (Å²) in [6.45, 7) is 7.69. The first-order valence-corrected chi connectivity index (χ1v) is 9.38. The summed E-state index contributed by atoms with van der Waals surface area (Å²) >= 11 is 0. The summed E-state index contributed by atoms with van der Waals surface area (Å²) in [5.74, 6) is 0.551. The smallest absolute Gasteiger partial charge is 0.251 e. The molecule has 1 unspecified atom stereocenters. The van der Waals surface area contributed by atoms with Crippen LogP contribution in [-0.4, -0.2) is 31.6 Å². The number of aromatic nitrogens is 1. The molecule has 0 spiro atoms. The second-order valence-electron chi connectivity index (χ2n) is 6.92. The second kappa shape index (κ2) is 9.85. The van der Waals surface area contributed by atoms with Crippen molar-refractivity contribution in [3.8, 4) is 6.07 Å². The van der Waals surface area contributed by atoms with Gasteiger partial charge >= 0.3 is 0 Å². The van der Waals surface area contributed by atoms with Crippen molar-refractivity contribution in [2.45, 2.75) is 32.1 Å². The summed E-state index contributed by atoms with van der Waals surface area (Å²) in [7, 11) is 3.11. The lowest BCUT2D eigenvalue weighted by Gasteiger charge is -2.23. The lowest BCUT2D eigenvalue weighted by atomic mass is 9.79. The third kappa shape index (κ3) is 5.21. The predicted molar refractivity (Wildman–Crippen MR) is 116 cm³/mol. The normalized spacial score (nSPS) is 14.3. The van der Waals surface area contributed by atoms with E-state index in [1.807, 2.05) is 38.1 Å². The number of fused-ring (bicyclic) bond motifs is 1. The molecule has 2 rings (SSSR count). The van der Waals surface area contributed by atoms with Gasteiger partial charge in [-0.3, -0.25) is 9.79 Å². The molecule has 0 saturated carbocycles. The number of aryl methyl sites for hydroxylation is 1. The number of nitriles is 1. The Labute approximate surface area is 171 Å². The molecular weight excluding hydrogens is 366 g/mol. The molecule has 0 aliphatic rings. The van der Waals surface area contributed by atoms with Gasteiger partial charge in [0.2, 0.25) is 0 Å². The third-order valence-electron chi connectivity index (χ3n) is 4.86. The lowest BCUT2D eigenvalue weighted by molar-refractivity contribution is 0.209. The van der Waals surface area contributed by atoms with Crippen LogP contribution in [0, 0.1) is 11.3 Å². The maximum absolute atomic E-state index is 12.2. The zero-order valence-corrected chi connectivity index (χ0v) is 17.4. The fourth-order valence-corrected chi connectivity index (χ4v) is 3.09. The molecule has 0 radical (unpaired) electrons. The van der Waals surface area contributed by atoms with Crippen LogP contribution in [0.25, 0.3) is 10.9 Å². The number of H-pyrrole nitrogens is 1. The average Bonchev–Trinajstić information content (AvgIpc) is 2.74. The van der Waals surface area contributed by atoms with Gasteiger partial charge in [0.05, 0.1) is 18.6 Å². The van der Waals surface area contributed by atoms with Gasteiger partial charge < -0.3 is 14.5 Å². The van der Waals surface area contributed by atoms with Crippen LogP contribution in [0.3, 0.4) is 0 Å². The number of ether oxygens (including phenoxy) is 2. The highest BCUT2D eigenvalue weighted by atomic mass is 16.5. The van der Waals surface area contributed by atoms with E-state index in [0.29, 0.717) is 29.8 Å². The molecule has 152 valence electrons. The zero-order chi connectivity index (χ0) is 21.4. The maximum Gasteiger partial charge on any atom is 0.251 e. The van der Waals surface area contributed by atoms with E-state index in [2.05, 4.69) is 22.6 Å². The molecule has 1 aromatic heterocycles. The van der Waals surface area contributed by atoms with Crippen LogP contribution >= 0.6 is 0 Å². The largest absolute Gasteiger partial charge is 0.497 e. The summed E-state index contributed by atoms with van der Waals surface area (Å²) in [5, 5.41) is 10.9. The molecule has 0 saturated heterocycles. The Hall–Kier alpha value is -3.17. The number of rotatable bonds is 9. The Balaban J connectivity index is 2.50. The molecule has 1 aromatic carbocycles. The highest BCUT2D eigenvalue weighted by Crippen LogP contribution is 2.30. The lowest BCUT2D eigenvalue weighted by Crippen LogP contribution is -2.24. The minimum atomic E-state index is -0.863. The molecule has 1 N–H and O–H groups in total. The van der Waals surface area contributed by atoms with Crippen molar-refractivity contribution >= 4 is 16.6 Å². The molecule has 1 heterocycles. The van der Waals surface area contributed by atoms with Crippen LogP contribution in [0.1, 0.15) is 31.4 Å². The van der Waals surface area contributed by atoms with Crippen LogP contribution in [0.2, 0.25) is 0 Å². The number of aliphatic imine (C=N–C) groups is 1. The fourth-order valence-electron chi connectivity index (χ4n) is 3.09. The van der Waals surface area contributed by atoms with Crippen molar-refractivity contribution in [2.24, 2.45) is 4.99 Å². The van der Waals surface area contributed by atoms with Crippen LogP contribution in [-0.2, 0) is 21.3 Å². The van der Waals surface area contributed by atoms with Crippen LogP contribution in [0.15, 0.2) is 58.5 Å². The minimum Gasteiger partial charge on any atom is -0.497 e.